The summed E-state index contributed by atoms with van der Waals surface area (Å²) in [7, 11) is 0. The van der Waals surface area contributed by atoms with Crippen LogP contribution in [0.15, 0.2) is 24.3 Å². The van der Waals surface area contributed by atoms with Crippen LogP contribution >= 0.6 is 0 Å². The molecule has 1 unspecified atom stereocenters. The van der Waals surface area contributed by atoms with Crippen LogP contribution in [-0.2, 0) is 9.53 Å². The molecule has 1 heterocycles. The summed E-state index contributed by atoms with van der Waals surface area (Å²) in [6, 6.07) is 7.08. The van der Waals surface area contributed by atoms with E-state index in [4.69, 9.17) is 9.84 Å². The molecule has 132 valence electrons. The van der Waals surface area contributed by atoms with Gasteiger partial charge in [-0.25, -0.2) is 0 Å². The molecule has 0 saturated carbocycles. The first-order valence-electron chi connectivity index (χ1n) is 8.41. The van der Waals surface area contributed by atoms with Crippen molar-refractivity contribution < 1.29 is 19.4 Å². The van der Waals surface area contributed by atoms with Gasteiger partial charge in [-0.15, -0.1) is 0 Å². The van der Waals surface area contributed by atoms with Gasteiger partial charge in [0.15, 0.2) is 0 Å². The van der Waals surface area contributed by atoms with Crippen LogP contribution in [0.3, 0.4) is 0 Å². The predicted octanol–water partition coefficient (Wildman–Crippen LogP) is 2.14. The van der Waals surface area contributed by atoms with E-state index in [2.05, 4.69) is 10.2 Å². The molecule has 1 saturated heterocycles. The van der Waals surface area contributed by atoms with Crippen molar-refractivity contribution in [3.63, 3.8) is 0 Å². The third kappa shape index (κ3) is 5.53. The van der Waals surface area contributed by atoms with Crippen LogP contribution in [0.4, 0.5) is 5.69 Å². The molecule has 1 amide bonds. The number of aliphatic carboxylic acids is 1. The molecule has 1 atom stereocenters. The highest BCUT2D eigenvalue weighted by Gasteiger charge is 2.19. The van der Waals surface area contributed by atoms with Gasteiger partial charge in [0.25, 0.3) is 5.91 Å². The second kappa shape index (κ2) is 8.68. The second-order valence-electron chi connectivity index (χ2n) is 6.55. The zero-order valence-corrected chi connectivity index (χ0v) is 14.3. The number of benzene rings is 1. The lowest BCUT2D eigenvalue weighted by Crippen LogP contribution is -2.38. The number of carboxylic acid groups (broad SMARTS) is 1. The van der Waals surface area contributed by atoms with Crippen molar-refractivity contribution >= 4 is 17.6 Å². The van der Waals surface area contributed by atoms with Crippen molar-refractivity contribution in [2.75, 3.05) is 31.2 Å². The van der Waals surface area contributed by atoms with Gasteiger partial charge < -0.3 is 20.1 Å². The topological polar surface area (TPSA) is 78.9 Å². The normalized spacial score (nSPS) is 16.0. The summed E-state index contributed by atoms with van der Waals surface area (Å²) in [6.45, 7) is 7.01. The van der Waals surface area contributed by atoms with E-state index in [1.807, 2.05) is 32.0 Å². The Morgan fingerprint density at radius 1 is 1.29 bits per heavy atom. The van der Waals surface area contributed by atoms with E-state index in [9.17, 15) is 9.59 Å². The molecule has 1 fully saturated rings. The van der Waals surface area contributed by atoms with Crippen LogP contribution in [0.5, 0.6) is 0 Å². The van der Waals surface area contributed by atoms with Crippen molar-refractivity contribution in [3.8, 4) is 0 Å². The quantitative estimate of drug-likeness (QED) is 0.799. The molecule has 0 bridgehead atoms. The molecule has 1 aliphatic rings. The third-order valence-electron chi connectivity index (χ3n) is 4.00. The standard InChI is InChI=1S/C18H26N2O4/c1-13(2)10-15(12-17(21)22)19-18(23)14-4-3-5-16(11-14)20-6-8-24-9-7-20/h3-5,11,13,15H,6-10,12H2,1-2H3,(H,19,23)(H,21,22). The Labute approximate surface area is 142 Å². The summed E-state index contributed by atoms with van der Waals surface area (Å²) in [5, 5.41) is 11.9. The molecule has 0 spiro atoms. The molecular formula is C18H26N2O4. The maximum Gasteiger partial charge on any atom is 0.305 e. The van der Waals surface area contributed by atoms with Gasteiger partial charge in [-0.3, -0.25) is 9.59 Å². The summed E-state index contributed by atoms with van der Waals surface area (Å²) in [5.41, 5.74) is 1.54. The largest absolute Gasteiger partial charge is 0.481 e. The Morgan fingerprint density at radius 3 is 2.62 bits per heavy atom. The smallest absolute Gasteiger partial charge is 0.305 e. The Hall–Kier alpha value is -2.08. The van der Waals surface area contributed by atoms with Gasteiger partial charge in [0.05, 0.1) is 19.6 Å². The monoisotopic (exact) mass is 334 g/mol. The lowest BCUT2D eigenvalue weighted by Gasteiger charge is -2.29. The van der Waals surface area contributed by atoms with E-state index in [1.165, 1.54) is 0 Å². The number of ether oxygens (including phenoxy) is 1. The number of nitrogens with one attached hydrogen (secondary N) is 1. The van der Waals surface area contributed by atoms with Gasteiger partial charge in [-0.2, -0.15) is 0 Å². The first-order chi connectivity index (χ1) is 11.5. The number of hydrogen-bond acceptors (Lipinski definition) is 4. The molecule has 0 radical (unpaired) electrons. The van der Waals surface area contributed by atoms with Crippen molar-refractivity contribution in [2.45, 2.75) is 32.7 Å². The fourth-order valence-electron chi connectivity index (χ4n) is 2.91. The highest BCUT2D eigenvalue weighted by atomic mass is 16.5. The molecular weight excluding hydrogens is 308 g/mol. The number of rotatable bonds is 7. The molecule has 1 aromatic carbocycles. The zero-order chi connectivity index (χ0) is 17.5. The maximum absolute atomic E-state index is 12.5. The lowest BCUT2D eigenvalue weighted by molar-refractivity contribution is -0.137. The first-order valence-corrected chi connectivity index (χ1v) is 8.41. The number of amides is 1. The van der Waals surface area contributed by atoms with Crippen LogP contribution in [-0.4, -0.2) is 49.3 Å². The van der Waals surface area contributed by atoms with Crippen LogP contribution < -0.4 is 10.2 Å². The lowest BCUT2D eigenvalue weighted by atomic mass is 10.0. The summed E-state index contributed by atoms with van der Waals surface area (Å²) in [4.78, 5) is 25.7. The van der Waals surface area contributed by atoms with E-state index in [0.29, 0.717) is 31.1 Å². The highest BCUT2D eigenvalue weighted by Crippen LogP contribution is 2.18. The SMILES string of the molecule is CC(C)CC(CC(=O)O)NC(=O)c1cccc(N2CCOCC2)c1. The van der Waals surface area contributed by atoms with Gasteiger partial charge in [0.1, 0.15) is 0 Å². The Kier molecular flexibility index (Phi) is 6.61. The first kappa shape index (κ1) is 18.3. The molecule has 1 aromatic rings. The summed E-state index contributed by atoms with van der Waals surface area (Å²) in [5.74, 6) is -0.811. The van der Waals surface area contributed by atoms with E-state index in [-0.39, 0.29) is 18.4 Å². The minimum Gasteiger partial charge on any atom is -0.481 e. The number of nitrogens with zero attached hydrogens (tertiary/aromatic N) is 1. The van der Waals surface area contributed by atoms with E-state index < -0.39 is 5.97 Å². The Balaban J connectivity index is 2.05. The van der Waals surface area contributed by atoms with Gasteiger partial charge in [0.2, 0.25) is 0 Å². The van der Waals surface area contributed by atoms with E-state index in [1.54, 1.807) is 6.07 Å². The Bertz CT molecular complexity index is 568. The molecule has 1 aliphatic heterocycles. The molecule has 6 heteroatoms. The molecule has 6 nitrogen and oxygen atoms in total. The van der Waals surface area contributed by atoms with Gasteiger partial charge in [-0.1, -0.05) is 19.9 Å². The van der Waals surface area contributed by atoms with Crippen LogP contribution in [0, 0.1) is 5.92 Å². The van der Waals surface area contributed by atoms with Crippen molar-refractivity contribution in [2.24, 2.45) is 5.92 Å². The average Bonchev–Trinajstić information content (AvgIpc) is 2.54. The molecule has 0 aromatic heterocycles. The molecule has 0 aliphatic carbocycles. The average molecular weight is 334 g/mol. The minimum absolute atomic E-state index is 0.0624. The molecule has 2 N–H and O–H groups in total. The fraction of sp³-hybridized carbons (Fsp3) is 0.556. The fourth-order valence-corrected chi connectivity index (χ4v) is 2.91. The number of carbonyl (C=O) groups excluding carboxylic acids is 1. The van der Waals surface area contributed by atoms with E-state index >= 15 is 0 Å². The second-order valence-corrected chi connectivity index (χ2v) is 6.55. The van der Waals surface area contributed by atoms with E-state index in [0.717, 1.165) is 18.8 Å². The zero-order valence-electron chi connectivity index (χ0n) is 14.3. The van der Waals surface area contributed by atoms with Gasteiger partial charge in [0, 0.05) is 30.4 Å². The number of carboxylic acids is 1. The van der Waals surface area contributed by atoms with Crippen LogP contribution in [0.2, 0.25) is 0 Å². The van der Waals surface area contributed by atoms with Crippen LogP contribution in [0.25, 0.3) is 0 Å². The number of anilines is 1. The number of morpholine rings is 1. The van der Waals surface area contributed by atoms with Gasteiger partial charge in [-0.05, 0) is 30.5 Å². The molecule has 2 rings (SSSR count). The number of hydrogen-bond donors (Lipinski definition) is 2. The predicted molar refractivity (Wildman–Crippen MR) is 92.4 cm³/mol. The summed E-state index contributed by atoms with van der Waals surface area (Å²) in [6.07, 6.45) is 0.578. The van der Waals surface area contributed by atoms with Crippen molar-refractivity contribution in [1.82, 2.24) is 5.32 Å². The van der Waals surface area contributed by atoms with Gasteiger partial charge >= 0.3 is 5.97 Å². The summed E-state index contributed by atoms with van der Waals surface area (Å²) < 4.78 is 5.35. The minimum atomic E-state index is -0.900. The summed E-state index contributed by atoms with van der Waals surface area (Å²) >= 11 is 0. The van der Waals surface area contributed by atoms with Crippen LogP contribution in [0.1, 0.15) is 37.0 Å². The highest BCUT2D eigenvalue weighted by molar-refractivity contribution is 5.95. The van der Waals surface area contributed by atoms with Crippen molar-refractivity contribution in [1.29, 1.82) is 0 Å². The maximum atomic E-state index is 12.5. The number of carbonyl (C=O) groups is 2. The Morgan fingerprint density at radius 2 is 2.00 bits per heavy atom. The molecule has 24 heavy (non-hydrogen) atoms. The third-order valence-corrected chi connectivity index (χ3v) is 4.00. The van der Waals surface area contributed by atoms with Crippen molar-refractivity contribution in [3.05, 3.63) is 29.8 Å².